The molecular formula is C22H27N3O3. The maximum atomic E-state index is 12.5. The monoisotopic (exact) mass is 381 g/mol. The van der Waals surface area contributed by atoms with Crippen LogP contribution in [-0.2, 0) is 19.4 Å². The van der Waals surface area contributed by atoms with Crippen molar-refractivity contribution in [3.05, 3.63) is 58.7 Å². The number of benzene rings is 2. The number of aliphatic hydroxyl groups excluding tert-OH is 1. The van der Waals surface area contributed by atoms with E-state index in [9.17, 15) is 15.0 Å². The SMILES string of the molecule is O=C(NC[C@H](O)CN1CCc2ccccc2C1)c1ccc2c(c1O)NCCC2. The van der Waals surface area contributed by atoms with Gasteiger partial charge in [-0.3, -0.25) is 9.69 Å². The molecule has 2 aromatic carbocycles. The summed E-state index contributed by atoms with van der Waals surface area (Å²) < 4.78 is 0. The van der Waals surface area contributed by atoms with Gasteiger partial charge in [0.05, 0.1) is 17.4 Å². The molecule has 0 saturated heterocycles. The van der Waals surface area contributed by atoms with E-state index in [1.165, 1.54) is 11.1 Å². The van der Waals surface area contributed by atoms with E-state index in [2.05, 4.69) is 33.7 Å². The fraction of sp³-hybridized carbons (Fsp3) is 0.409. The van der Waals surface area contributed by atoms with Crippen molar-refractivity contribution in [2.75, 3.05) is 31.5 Å². The lowest BCUT2D eigenvalue weighted by atomic mass is 9.99. The molecule has 2 heterocycles. The number of hydrogen-bond donors (Lipinski definition) is 4. The number of aliphatic hydroxyl groups is 1. The highest BCUT2D eigenvalue weighted by Gasteiger charge is 2.22. The van der Waals surface area contributed by atoms with Gasteiger partial charge in [-0.2, -0.15) is 0 Å². The Kier molecular flexibility index (Phi) is 5.50. The zero-order valence-corrected chi connectivity index (χ0v) is 15.9. The number of anilines is 1. The van der Waals surface area contributed by atoms with Crippen molar-refractivity contribution < 1.29 is 15.0 Å². The standard InChI is InChI=1S/C22H27N3O3/c26-18(14-25-11-9-15-4-1-2-5-17(15)13-25)12-24-22(28)19-8-7-16-6-3-10-23-20(16)21(19)27/h1-2,4-5,7-8,18,23,26-27H,3,6,9-14H2,(H,24,28)/t18-/m0/s1. The lowest BCUT2D eigenvalue weighted by Gasteiger charge is -2.30. The number of aryl methyl sites for hydroxylation is 1. The minimum Gasteiger partial charge on any atom is -0.505 e. The zero-order chi connectivity index (χ0) is 19.5. The van der Waals surface area contributed by atoms with Gasteiger partial charge in [0.15, 0.2) is 5.75 Å². The first-order valence-corrected chi connectivity index (χ1v) is 9.96. The Morgan fingerprint density at radius 1 is 1.14 bits per heavy atom. The first kappa shape index (κ1) is 18.8. The van der Waals surface area contributed by atoms with E-state index in [1.54, 1.807) is 6.07 Å². The average Bonchev–Trinajstić information content (AvgIpc) is 2.72. The van der Waals surface area contributed by atoms with Gasteiger partial charge in [0.1, 0.15) is 0 Å². The molecule has 0 unspecified atom stereocenters. The lowest BCUT2D eigenvalue weighted by Crippen LogP contribution is -2.42. The summed E-state index contributed by atoms with van der Waals surface area (Å²) in [5.74, 6) is -0.368. The zero-order valence-electron chi connectivity index (χ0n) is 15.9. The molecule has 0 fully saturated rings. The van der Waals surface area contributed by atoms with Gasteiger partial charge >= 0.3 is 0 Å². The highest BCUT2D eigenvalue weighted by molar-refractivity contribution is 5.99. The summed E-state index contributed by atoms with van der Waals surface area (Å²) in [4.78, 5) is 14.7. The number of phenolic OH excluding ortho intramolecular Hbond substituents is 1. The van der Waals surface area contributed by atoms with E-state index in [-0.39, 0.29) is 23.8 Å². The van der Waals surface area contributed by atoms with Crippen LogP contribution in [0.3, 0.4) is 0 Å². The molecule has 2 aliphatic rings. The first-order valence-electron chi connectivity index (χ1n) is 9.96. The molecule has 0 spiro atoms. The van der Waals surface area contributed by atoms with Gasteiger partial charge in [-0.05, 0) is 42.0 Å². The van der Waals surface area contributed by atoms with Crippen molar-refractivity contribution in [3.63, 3.8) is 0 Å². The van der Waals surface area contributed by atoms with Crippen molar-refractivity contribution in [1.82, 2.24) is 10.2 Å². The molecule has 2 aromatic rings. The number of fused-ring (bicyclic) bond motifs is 2. The largest absolute Gasteiger partial charge is 0.505 e. The molecule has 2 aliphatic heterocycles. The third-order valence-corrected chi connectivity index (χ3v) is 5.61. The van der Waals surface area contributed by atoms with Crippen LogP contribution in [-0.4, -0.2) is 53.3 Å². The molecule has 0 bridgehead atoms. The van der Waals surface area contributed by atoms with Gasteiger partial charge in [-0.25, -0.2) is 0 Å². The number of β-amino-alcohol motifs (C(OH)–C–C–N with tert-alkyl or cyclic N) is 1. The molecule has 0 radical (unpaired) electrons. The van der Waals surface area contributed by atoms with E-state index in [1.807, 2.05) is 12.1 Å². The fourth-order valence-corrected chi connectivity index (χ4v) is 4.09. The summed E-state index contributed by atoms with van der Waals surface area (Å²) in [6, 6.07) is 11.9. The summed E-state index contributed by atoms with van der Waals surface area (Å²) in [7, 11) is 0. The van der Waals surface area contributed by atoms with Gasteiger partial charge in [-0.1, -0.05) is 30.3 Å². The van der Waals surface area contributed by atoms with Crippen molar-refractivity contribution in [1.29, 1.82) is 0 Å². The summed E-state index contributed by atoms with van der Waals surface area (Å²) in [6.45, 7) is 3.17. The maximum absolute atomic E-state index is 12.5. The highest BCUT2D eigenvalue weighted by atomic mass is 16.3. The minimum atomic E-state index is -0.660. The number of nitrogens with zero attached hydrogens (tertiary/aromatic N) is 1. The molecule has 4 rings (SSSR count). The maximum Gasteiger partial charge on any atom is 0.255 e. The number of aromatic hydroxyl groups is 1. The second kappa shape index (κ2) is 8.20. The number of nitrogens with one attached hydrogen (secondary N) is 2. The van der Waals surface area contributed by atoms with Crippen LogP contribution in [0, 0.1) is 0 Å². The van der Waals surface area contributed by atoms with Crippen LogP contribution in [0.15, 0.2) is 36.4 Å². The smallest absolute Gasteiger partial charge is 0.255 e. The van der Waals surface area contributed by atoms with E-state index in [0.29, 0.717) is 12.2 Å². The minimum absolute atomic E-state index is 0.00294. The Morgan fingerprint density at radius 3 is 2.82 bits per heavy atom. The number of phenols is 1. The Bertz CT molecular complexity index is 868. The summed E-state index contributed by atoms with van der Waals surface area (Å²) >= 11 is 0. The van der Waals surface area contributed by atoms with Gasteiger partial charge in [-0.15, -0.1) is 0 Å². The van der Waals surface area contributed by atoms with E-state index < -0.39 is 6.10 Å². The summed E-state index contributed by atoms with van der Waals surface area (Å²) in [5, 5.41) is 26.7. The lowest BCUT2D eigenvalue weighted by molar-refractivity contribution is 0.0840. The van der Waals surface area contributed by atoms with Gasteiger partial charge < -0.3 is 20.8 Å². The third-order valence-electron chi connectivity index (χ3n) is 5.61. The first-order chi connectivity index (χ1) is 13.6. The van der Waals surface area contributed by atoms with Crippen molar-refractivity contribution in [2.45, 2.75) is 31.9 Å². The molecule has 28 heavy (non-hydrogen) atoms. The molecular weight excluding hydrogens is 354 g/mol. The Balaban J connectivity index is 1.32. The summed E-state index contributed by atoms with van der Waals surface area (Å²) in [5.41, 5.74) is 4.61. The van der Waals surface area contributed by atoms with E-state index in [4.69, 9.17) is 0 Å². The van der Waals surface area contributed by atoms with Crippen LogP contribution < -0.4 is 10.6 Å². The number of rotatable bonds is 5. The number of amides is 1. The molecule has 0 saturated carbocycles. The Morgan fingerprint density at radius 2 is 1.96 bits per heavy atom. The highest BCUT2D eigenvalue weighted by Crippen LogP contribution is 2.34. The molecule has 6 heteroatoms. The van der Waals surface area contributed by atoms with Gasteiger partial charge in [0.25, 0.3) is 5.91 Å². The molecule has 0 aliphatic carbocycles. The van der Waals surface area contributed by atoms with Crippen LogP contribution in [0.2, 0.25) is 0 Å². The van der Waals surface area contributed by atoms with E-state index in [0.717, 1.165) is 44.5 Å². The Labute approximate surface area is 165 Å². The van der Waals surface area contributed by atoms with Crippen LogP contribution in [0.5, 0.6) is 5.75 Å². The molecule has 148 valence electrons. The molecule has 1 atom stereocenters. The predicted octanol–water partition coefficient (Wildman–Crippen LogP) is 1.90. The normalized spacial score (nSPS) is 17.2. The Hall–Kier alpha value is -2.57. The third kappa shape index (κ3) is 3.98. The molecule has 6 nitrogen and oxygen atoms in total. The topological polar surface area (TPSA) is 84.8 Å². The molecule has 1 amide bonds. The number of carbonyl (C=O) groups is 1. The van der Waals surface area contributed by atoms with Crippen LogP contribution in [0.1, 0.15) is 33.5 Å². The second-order valence-corrected chi connectivity index (χ2v) is 7.64. The van der Waals surface area contributed by atoms with Crippen LogP contribution >= 0.6 is 0 Å². The van der Waals surface area contributed by atoms with Crippen LogP contribution in [0.4, 0.5) is 5.69 Å². The van der Waals surface area contributed by atoms with Crippen molar-refractivity contribution >= 4 is 11.6 Å². The fourth-order valence-electron chi connectivity index (χ4n) is 4.09. The average molecular weight is 381 g/mol. The van der Waals surface area contributed by atoms with Crippen molar-refractivity contribution in [3.8, 4) is 5.75 Å². The van der Waals surface area contributed by atoms with Gasteiger partial charge in [0, 0.05) is 32.7 Å². The van der Waals surface area contributed by atoms with Crippen LogP contribution in [0.25, 0.3) is 0 Å². The predicted molar refractivity (Wildman–Crippen MR) is 109 cm³/mol. The van der Waals surface area contributed by atoms with Gasteiger partial charge in [0.2, 0.25) is 0 Å². The number of hydrogen-bond acceptors (Lipinski definition) is 5. The number of carbonyl (C=O) groups excluding carboxylic acids is 1. The second-order valence-electron chi connectivity index (χ2n) is 7.64. The summed E-state index contributed by atoms with van der Waals surface area (Å²) in [6.07, 6.45) is 2.23. The van der Waals surface area contributed by atoms with E-state index >= 15 is 0 Å². The quantitative estimate of drug-likeness (QED) is 0.595. The van der Waals surface area contributed by atoms with Crippen molar-refractivity contribution in [2.24, 2.45) is 0 Å². The molecule has 4 N–H and O–H groups in total. The molecule has 0 aromatic heterocycles.